The molecule has 4 heterocycles. The van der Waals surface area contributed by atoms with Gasteiger partial charge in [0.05, 0.1) is 37.6 Å². The fraction of sp³-hybridized carbons (Fsp3) is 0.381. The number of aliphatic hydroxyl groups is 1. The minimum atomic E-state index is -4.77. The van der Waals surface area contributed by atoms with Crippen LogP contribution in [0, 0.1) is 0 Å². The minimum absolute atomic E-state index is 0.0620. The van der Waals surface area contributed by atoms with E-state index < -0.39 is 53.9 Å². The fourth-order valence-electron chi connectivity index (χ4n) is 3.93. The molecule has 2 amide bonds. The standard InChI is InChI=1S/C21H21F4N7O5/c1-36-19-11(18(34)30-14-8-31(7-13(14)22)20(35)37-3-2-33)4-10(6-27-19)15-5-12(21(23,24)25)16-17(26)28-9-29-32(15)16/h4-6,9,13-14,33H,2-3,7-8H2,1H3,(H,30,34)(H2,26,28,29)/t13-,14+/m0/s1. The second-order valence-electron chi connectivity index (χ2n) is 7.97. The highest BCUT2D eigenvalue weighted by molar-refractivity contribution is 5.98. The summed E-state index contributed by atoms with van der Waals surface area (Å²) in [5.41, 5.74) is 3.91. The topological polar surface area (TPSA) is 157 Å². The Morgan fingerprint density at radius 3 is 2.70 bits per heavy atom. The molecule has 3 aromatic heterocycles. The van der Waals surface area contributed by atoms with Gasteiger partial charge in [-0.05, 0) is 12.1 Å². The monoisotopic (exact) mass is 527 g/mol. The summed E-state index contributed by atoms with van der Waals surface area (Å²) in [5, 5.41) is 15.1. The molecule has 1 aliphatic heterocycles. The van der Waals surface area contributed by atoms with Crippen molar-refractivity contribution in [3.05, 3.63) is 35.8 Å². The van der Waals surface area contributed by atoms with Crippen molar-refractivity contribution in [2.24, 2.45) is 0 Å². The number of nitrogens with one attached hydrogen (secondary N) is 1. The van der Waals surface area contributed by atoms with Gasteiger partial charge in [0, 0.05) is 18.3 Å². The van der Waals surface area contributed by atoms with Gasteiger partial charge in [0.25, 0.3) is 5.91 Å². The van der Waals surface area contributed by atoms with E-state index >= 15 is 0 Å². The van der Waals surface area contributed by atoms with Gasteiger partial charge in [-0.3, -0.25) is 4.79 Å². The third kappa shape index (κ3) is 5.04. The van der Waals surface area contributed by atoms with E-state index in [-0.39, 0.29) is 42.4 Å². The smallest absolute Gasteiger partial charge is 0.418 e. The van der Waals surface area contributed by atoms with Crippen molar-refractivity contribution < 1.29 is 41.7 Å². The summed E-state index contributed by atoms with van der Waals surface area (Å²) in [4.78, 5) is 33.6. The molecule has 0 bridgehead atoms. The maximum Gasteiger partial charge on any atom is 0.418 e. The molecule has 1 aliphatic rings. The summed E-state index contributed by atoms with van der Waals surface area (Å²) >= 11 is 0. The van der Waals surface area contributed by atoms with E-state index in [1.807, 2.05) is 0 Å². The molecule has 0 aliphatic carbocycles. The quantitative estimate of drug-likeness (QED) is 0.402. The first-order valence-corrected chi connectivity index (χ1v) is 10.8. The zero-order valence-corrected chi connectivity index (χ0v) is 19.2. The van der Waals surface area contributed by atoms with Crippen LogP contribution in [0.15, 0.2) is 24.7 Å². The number of nitrogens with two attached hydrogens (primary N) is 1. The molecular weight excluding hydrogens is 506 g/mol. The van der Waals surface area contributed by atoms with Crippen molar-refractivity contribution in [3.63, 3.8) is 0 Å². The molecule has 2 atom stereocenters. The number of hydrogen-bond donors (Lipinski definition) is 3. The molecule has 4 rings (SSSR count). The molecule has 1 fully saturated rings. The molecule has 16 heteroatoms. The number of fused-ring (bicyclic) bond motifs is 1. The van der Waals surface area contributed by atoms with Crippen LogP contribution in [0.4, 0.5) is 28.2 Å². The van der Waals surface area contributed by atoms with E-state index in [0.29, 0.717) is 0 Å². The Morgan fingerprint density at radius 1 is 1.27 bits per heavy atom. The number of aliphatic hydroxyl groups excluding tert-OH is 1. The number of nitrogen functional groups attached to an aromatic ring is 1. The van der Waals surface area contributed by atoms with Crippen molar-refractivity contribution in [1.29, 1.82) is 0 Å². The van der Waals surface area contributed by atoms with E-state index in [9.17, 15) is 27.2 Å². The lowest BCUT2D eigenvalue weighted by atomic mass is 10.1. The molecule has 198 valence electrons. The Labute approximate surface area is 206 Å². The number of amides is 2. The third-order valence-corrected chi connectivity index (χ3v) is 5.61. The average Bonchev–Trinajstić information content (AvgIpc) is 3.44. The molecule has 37 heavy (non-hydrogen) atoms. The lowest BCUT2D eigenvalue weighted by Crippen LogP contribution is -2.42. The summed E-state index contributed by atoms with van der Waals surface area (Å²) in [5.74, 6) is -1.40. The van der Waals surface area contributed by atoms with Crippen LogP contribution < -0.4 is 15.8 Å². The molecule has 12 nitrogen and oxygen atoms in total. The summed E-state index contributed by atoms with van der Waals surface area (Å²) in [7, 11) is 1.23. The summed E-state index contributed by atoms with van der Waals surface area (Å²) in [6, 6.07) is 0.911. The van der Waals surface area contributed by atoms with Crippen LogP contribution in [0.25, 0.3) is 16.8 Å². The number of alkyl halides is 4. The van der Waals surface area contributed by atoms with Gasteiger partial charge in [-0.1, -0.05) is 0 Å². The third-order valence-electron chi connectivity index (χ3n) is 5.61. The normalized spacial score (nSPS) is 17.7. The van der Waals surface area contributed by atoms with Crippen LogP contribution in [0.3, 0.4) is 0 Å². The molecule has 0 saturated carbocycles. The maximum atomic E-state index is 14.6. The van der Waals surface area contributed by atoms with Gasteiger partial charge in [0.2, 0.25) is 5.88 Å². The number of nitrogens with zero attached hydrogens (tertiary/aromatic N) is 5. The number of ether oxygens (including phenoxy) is 2. The van der Waals surface area contributed by atoms with E-state index in [0.717, 1.165) is 21.8 Å². The Hall–Kier alpha value is -4.21. The molecule has 4 N–H and O–H groups in total. The van der Waals surface area contributed by atoms with Crippen LogP contribution in [0.2, 0.25) is 0 Å². The summed E-state index contributed by atoms with van der Waals surface area (Å²) in [6.07, 6.45) is -5.09. The van der Waals surface area contributed by atoms with Gasteiger partial charge in [-0.25, -0.2) is 23.7 Å². The fourth-order valence-corrected chi connectivity index (χ4v) is 3.93. The van der Waals surface area contributed by atoms with Gasteiger partial charge in [0.15, 0.2) is 5.82 Å². The van der Waals surface area contributed by atoms with Crippen molar-refractivity contribution in [3.8, 4) is 17.1 Å². The number of likely N-dealkylation sites (tertiary alicyclic amines) is 1. The Balaban J connectivity index is 1.65. The molecule has 0 unspecified atom stereocenters. The van der Waals surface area contributed by atoms with Crippen molar-refractivity contribution in [2.45, 2.75) is 18.4 Å². The summed E-state index contributed by atoms with van der Waals surface area (Å²) < 4.78 is 66.4. The van der Waals surface area contributed by atoms with E-state index in [2.05, 4.69) is 20.4 Å². The number of rotatable bonds is 6. The lowest BCUT2D eigenvalue weighted by molar-refractivity contribution is -0.136. The SMILES string of the molecule is COc1ncc(-c2cc(C(F)(F)F)c3c(N)ncnn23)cc1C(=O)N[C@@H]1CN(C(=O)OCCO)C[C@@H]1F. The number of methoxy groups -OCH3 is 1. The van der Waals surface area contributed by atoms with Gasteiger partial charge >= 0.3 is 12.3 Å². The highest BCUT2D eigenvalue weighted by Crippen LogP contribution is 2.39. The predicted molar refractivity (Wildman–Crippen MR) is 118 cm³/mol. The number of halogens is 4. The average molecular weight is 527 g/mol. The first-order chi connectivity index (χ1) is 17.5. The number of aromatic nitrogens is 4. The molecule has 0 aromatic carbocycles. The highest BCUT2D eigenvalue weighted by Gasteiger charge is 2.38. The summed E-state index contributed by atoms with van der Waals surface area (Å²) in [6.45, 7) is -1.22. The van der Waals surface area contributed by atoms with Crippen LogP contribution in [-0.2, 0) is 10.9 Å². The molecule has 1 saturated heterocycles. The minimum Gasteiger partial charge on any atom is -0.480 e. The van der Waals surface area contributed by atoms with Gasteiger partial charge < -0.3 is 30.5 Å². The Kier molecular flexibility index (Phi) is 7.02. The first kappa shape index (κ1) is 25.9. The maximum absolute atomic E-state index is 14.6. The van der Waals surface area contributed by atoms with E-state index in [1.54, 1.807) is 0 Å². The van der Waals surface area contributed by atoms with Gasteiger partial charge in [0.1, 0.15) is 30.2 Å². The Bertz CT molecular complexity index is 1330. The van der Waals surface area contributed by atoms with Crippen LogP contribution in [-0.4, -0.2) is 87.2 Å². The second kappa shape index (κ2) is 10.0. The number of carbonyl (C=O) groups excluding carboxylic acids is 2. The van der Waals surface area contributed by atoms with E-state index in [1.165, 1.54) is 19.4 Å². The van der Waals surface area contributed by atoms with Crippen molar-refractivity contribution >= 4 is 23.3 Å². The lowest BCUT2D eigenvalue weighted by Gasteiger charge is -2.17. The zero-order chi connectivity index (χ0) is 26.9. The van der Waals surface area contributed by atoms with Crippen LogP contribution in [0.1, 0.15) is 15.9 Å². The van der Waals surface area contributed by atoms with Gasteiger partial charge in [-0.15, -0.1) is 0 Å². The molecule has 0 radical (unpaired) electrons. The molecular formula is C21H21F4N7O5. The largest absolute Gasteiger partial charge is 0.480 e. The number of hydrogen-bond acceptors (Lipinski definition) is 9. The second-order valence-corrected chi connectivity index (χ2v) is 7.97. The molecule has 0 spiro atoms. The number of pyridine rings is 1. The number of carbonyl (C=O) groups is 2. The van der Waals surface area contributed by atoms with Gasteiger partial charge in [-0.2, -0.15) is 18.3 Å². The first-order valence-electron chi connectivity index (χ1n) is 10.8. The van der Waals surface area contributed by atoms with Crippen LogP contribution >= 0.6 is 0 Å². The van der Waals surface area contributed by atoms with Crippen molar-refractivity contribution in [2.75, 3.05) is 39.1 Å². The van der Waals surface area contributed by atoms with Crippen LogP contribution in [0.5, 0.6) is 5.88 Å². The Morgan fingerprint density at radius 2 is 2.03 bits per heavy atom. The molecule has 3 aromatic rings. The zero-order valence-electron chi connectivity index (χ0n) is 19.2. The van der Waals surface area contributed by atoms with E-state index in [4.69, 9.17) is 20.3 Å². The highest BCUT2D eigenvalue weighted by atomic mass is 19.4. The number of anilines is 1. The van der Waals surface area contributed by atoms with Crippen molar-refractivity contribution in [1.82, 2.24) is 29.8 Å². The predicted octanol–water partition coefficient (Wildman–Crippen LogP) is 1.28.